The maximum Gasteiger partial charge on any atom is 0.262 e. The van der Waals surface area contributed by atoms with Crippen LogP contribution in [0.15, 0.2) is 47.4 Å². The first-order valence-electron chi connectivity index (χ1n) is 5.43. The number of aryl methyl sites for hydroxylation is 1. The van der Waals surface area contributed by atoms with Crippen molar-refractivity contribution in [1.29, 1.82) is 0 Å². The summed E-state index contributed by atoms with van der Waals surface area (Å²) in [6.07, 6.45) is 0. The summed E-state index contributed by atoms with van der Waals surface area (Å²) >= 11 is 11.6. The fraction of sp³-hybridized carbons (Fsp3) is 0.0769. The third-order valence-electron chi connectivity index (χ3n) is 2.54. The van der Waals surface area contributed by atoms with Crippen molar-refractivity contribution in [2.24, 2.45) is 0 Å². The SMILES string of the molecule is Cc1ccccc1NS(=O)(=O)c1cc(Cl)cc(Cl)c1. The van der Waals surface area contributed by atoms with Gasteiger partial charge in [-0.1, -0.05) is 41.4 Å². The van der Waals surface area contributed by atoms with Crippen molar-refractivity contribution in [1.82, 2.24) is 0 Å². The number of halogens is 2. The van der Waals surface area contributed by atoms with E-state index in [1.807, 2.05) is 19.1 Å². The molecule has 6 heteroatoms. The Morgan fingerprint density at radius 1 is 1.00 bits per heavy atom. The number of nitrogens with one attached hydrogen (secondary N) is 1. The molecule has 3 nitrogen and oxygen atoms in total. The molecule has 19 heavy (non-hydrogen) atoms. The highest BCUT2D eigenvalue weighted by Gasteiger charge is 2.16. The zero-order valence-corrected chi connectivity index (χ0v) is 12.4. The molecule has 0 atom stereocenters. The van der Waals surface area contributed by atoms with Gasteiger partial charge in [-0.2, -0.15) is 0 Å². The highest BCUT2D eigenvalue weighted by Crippen LogP contribution is 2.25. The predicted molar refractivity (Wildman–Crippen MR) is 78.4 cm³/mol. The molecule has 0 aliphatic carbocycles. The van der Waals surface area contributed by atoms with Gasteiger partial charge in [0.2, 0.25) is 0 Å². The zero-order valence-electron chi connectivity index (χ0n) is 10.0. The van der Waals surface area contributed by atoms with E-state index in [-0.39, 0.29) is 14.9 Å². The third-order valence-corrected chi connectivity index (χ3v) is 4.32. The van der Waals surface area contributed by atoms with E-state index in [0.29, 0.717) is 5.69 Å². The van der Waals surface area contributed by atoms with E-state index in [9.17, 15) is 8.42 Å². The minimum atomic E-state index is -3.70. The largest absolute Gasteiger partial charge is 0.279 e. The Labute approximate surface area is 122 Å². The number of benzene rings is 2. The highest BCUT2D eigenvalue weighted by molar-refractivity contribution is 7.92. The standard InChI is InChI=1S/C13H11Cl2NO2S/c1-9-4-2-3-5-13(9)16-19(17,18)12-7-10(14)6-11(15)8-12/h2-8,16H,1H3. The van der Waals surface area contributed by atoms with Gasteiger partial charge in [0.1, 0.15) is 0 Å². The average molecular weight is 316 g/mol. The lowest BCUT2D eigenvalue weighted by molar-refractivity contribution is 0.601. The fourth-order valence-electron chi connectivity index (χ4n) is 1.57. The predicted octanol–water partition coefficient (Wildman–Crippen LogP) is 4.10. The van der Waals surface area contributed by atoms with E-state index in [4.69, 9.17) is 23.2 Å². The van der Waals surface area contributed by atoms with E-state index in [2.05, 4.69) is 4.72 Å². The summed E-state index contributed by atoms with van der Waals surface area (Å²) < 4.78 is 27.0. The maximum absolute atomic E-state index is 12.2. The van der Waals surface area contributed by atoms with Crippen LogP contribution in [0.5, 0.6) is 0 Å². The summed E-state index contributed by atoms with van der Waals surface area (Å²) in [5.74, 6) is 0. The molecule has 0 saturated carbocycles. The second-order valence-electron chi connectivity index (χ2n) is 4.03. The molecule has 0 fully saturated rings. The second kappa shape index (κ2) is 5.41. The molecule has 0 amide bonds. The Morgan fingerprint density at radius 3 is 2.16 bits per heavy atom. The molecule has 0 radical (unpaired) electrons. The van der Waals surface area contributed by atoms with Gasteiger partial charge in [0.15, 0.2) is 0 Å². The van der Waals surface area contributed by atoms with Crippen LogP contribution in [0.3, 0.4) is 0 Å². The maximum atomic E-state index is 12.2. The van der Waals surface area contributed by atoms with Crippen LogP contribution in [0, 0.1) is 6.92 Å². The Kier molecular flexibility index (Phi) is 4.04. The van der Waals surface area contributed by atoms with E-state index < -0.39 is 10.0 Å². The summed E-state index contributed by atoms with van der Waals surface area (Å²) in [6.45, 7) is 1.82. The lowest BCUT2D eigenvalue weighted by Gasteiger charge is -2.10. The van der Waals surface area contributed by atoms with Crippen LogP contribution in [-0.2, 0) is 10.0 Å². The number of rotatable bonds is 3. The Bertz CT molecular complexity index is 694. The molecule has 0 bridgehead atoms. The van der Waals surface area contributed by atoms with E-state index in [1.54, 1.807) is 12.1 Å². The average Bonchev–Trinajstić information content (AvgIpc) is 2.31. The van der Waals surface area contributed by atoms with Crippen molar-refractivity contribution in [2.45, 2.75) is 11.8 Å². The molecule has 0 saturated heterocycles. The highest BCUT2D eigenvalue weighted by atomic mass is 35.5. The molecule has 0 heterocycles. The first-order chi connectivity index (χ1) is 8.88. The van der Waals surface area contributed by atoms with Crippen LogP contribution in [0.25, 0.3) is 0 Å². The van der Waals surface area contributed by atoms with Gasteiger partial charge in [0, 0.05) is 10.0 Å². The minimum absolute atomic E-state index is 0.0354. The number of hydrogen-bond acceptors (Lipinski definition) is 2. The molecule has 0 unspecified atom stereocenters. The number of sulfonamides is 1. The van der Waals surface area contributed by atoms with Gasteiger partial charge in [-0.3, -0.25) is 4.72 Å². The van der Waals surface area contributed by atoms with Crippen molar-refractivity contribution in [2.75, 3.05) is 4.72 Å². The molecule has 2 aromatic carbocycles. The minimum Gasteiger partial charge on any atom is -0.279 e. The van der Waals surface area contributed by atoms with Crippen molar-refractivity contribution in [3.63, 3.8) is 0 Å². The monoisotopic (exact) mass is 315 g/mol. The zero-order chi connectivity index (χ0) is 14.0. The second-order valence-corrected chi connectivity index (χ2v) is 6.58. The lowest BCUT2D eigenvalue weighted by Crippen LogP contribution is -2.13. The Balaban J connectivity index is 2.41. The van der Waals surface area contributed by atoms with Gasteiger partial charge < -0.3 is 0 Å². The summed E-state index contributed by atoms with van der Waals surface area (Å²) in [7, 11) is -3.70. The fourth-order valence-corrected chi connectivity index (χ4v) is 3.43. The molecule has 0 aliphatic heterocycles. The molecular formula is C13H11Cl2NO2S. The molecule has 0 aliphatic rings. The van der Waals surface area contributed by atoms with Crippen LogP contribution in [0.4, 0.5) is 5.69 Å². The number of anilines is 1. The van der Waals surface area contributed by atoms with E-state index in [0.717, 1.165) is 5.56 Å². The number of hydrogen-bond donors (Lipinski definition) is 1. The first kappa shape index (κ1) is 14.2. The molecular weight excluding hydrogens is 305 g/mol. The Hall–Kier alpha value is -1.23. The topological polar surface area (TPSA) is 46.2 Å². The normalized spacial score (nSPS) is 11.3. The van der Waals surface area contributed by atoms with Crippen molar-refractivity contribution >= 4 is 38.9 Å². The van der Waals surface area contributed by atoms with Gasteiger partial charge in [0.05, 0.1) is 10.6 Å². The molecule has 2 aromatic rings. The molecule has 2 rings (SSSR count). The van der Waals surface area contributed by atoms with Crippen molar-refractivity contribution < 1.29 is 8.42 Å². The van der Waals surface area contributed by atoms with Gasteiger partial charge in [-0.25, -0.2) is 8.42 Å². The molecule has 100 valence electrons. The summed E-state index contributed by atoms with van der Waals surface area (Å²) in [6, 6.07) is 11.3. The van der Waals surface area contributed by atoms with Gasteiger partial charge in [0.25, 0.3) is 10.0 Å². The van der Waals surface area contributed by atoms with Gasteiger partial charge >= 0.3 is 0 Å². The van der Waals surface area contributed by atoms with Crippen molar-refractivity contribution in [3.8, 4) is 0 Å². The van der Waals surface area contributed by atoms with E-state index in [1.165, 1.54) is 18.2 Å². The lowest BCUT2D eigenvalue weighted by atomic mass is 10.2. The quantitative estimate of drug-likeness (QED) is 0.926. The van der Waals surface area contributed by atoms with Gasteiger partial charge in [-0.15, -0.1) is 0 Å². The smallest absolute Gasteiger partial charge is 0.262 e. The van der Waals surface area contributed by atoms with Gasteiger partial charge in [-0.05, 0) is 36.8 Å². The van der Waals surface area contributed by atoms with Crippen LogP contribution in [0.1, 0.15) is 5.56 Å². The third kappa shape index (κ3) is 3.41. The number of para-hydroxylation sites is 1. The van der Waals surface area contributed by atoms with Crippen LogP contribution in [0.2, 0.25) is 10.0 Å². The Morgan fingerprint density at radius 2 is 1.58 bits per heavy atom. The van der Waals surface area contributed by atoms with Crippen LogP contribution >= 0.6 is 23.2 Å². The van der Waals surface area contributed by atoms with E-state index >= 15 is 0 Å². The summed E-state index contributed by atoms with van der Waals surface area (Å²) in [4.78, 5) is 0.0354. The molecule has 0 aromatic heterocycles. The van der Waals surface area contributed by atoms with Crippen LogP contribution in [-0.4, -0.2) is 8.42 Å². The summed E-state index contributed by atoms with van der Waals surface area (Å²) in [5.41, 5.74) is 1.36. The molecule has 1 N–H and O–H groups in total. The van der Waals surface area contributed by atoms with Crippen LogP contribution < -0.4 is 4.72 Å². The summed E-state index contributed by atoms with van der Waals surface area (Å²) in [5, 5.41) is 0.551. The molecule has 0 spiro atoms. The van der Waals surface area contributed by atoms with Crippen molar-refractivity contribution in [3.05, 3.63) is 58.1 Å². The first-order valence-corrected chi connectivity index (χ1v) is 7.67.